The van der Waals surface area contributed by atoms with Crippen molar-refractivity contribution in [2.45, 2.75) is 63.6 Å². The number of rotatable bonds is 2. The van der Waals surface area contributed by atoms with Crippen molar-refractivity contribution in [3.05, 3.63) is 11.6 Å². The van der Waals surface area contributed by atoms with Crippen molar-refractivity contribution < 1.29 is 29.2 Å². The van der Waals surface area contributed by atoms with Crippen molar-refractivity contribution in [3.63, 3.8) is 0 Å². The number of carbonyl (C=O) groups excluding carboxylic acids is 1. The Kier molecular flexibility index (Phi) is 3.09. The zero-order valence-corrected chi connectivity index (χ0v) is 13.7. The van der Waals surface area contributed by atoms with Gasteiger partial charge in [0.1, 0.15) is 17.8 Å². The second kappa shape index (κ2) is 4.57. The first-order valence-corrected chi connectivity index (χ1v) is 8.23. The van der Waals surface area contributed by atoms with Crippen molar-refractivity contribution in [3.8, 4) is 0 Å². The number of esters is 1. The fourth-order valence-corrected chi connectivity index (χ4v) is 5.48. The molecule has 6 nitrogen and oxygen atoms in total. The fraction of sp³-hybridized carbons (Fsp3) is 0.824. The lowest BCUT2D eigenvalue weighted by atomic mass is 9.51. The number of carbonyl (C=O) groups is 1. The summed E-state index contributed by atoms with van der Waals surface area (Å²) in [6.07, 6.45) is 1.16. The Morgan fingerprint density at radius 3 is 2.78 bits per heavy atom. The summed E-state index contributed by atoms with van der Waals surface area (Å²) in [5, 5.41) is 21.2. The molecule has 0 radical (unpaired) electrons. The molecule has 0 aromatic rings. The van der Waals surface area contributed by atoms with E-state index in [4.69, 9.17) is 14.2 Å². The lowest BCUT2D eigenvalue weighted by molar-refractivity contribution is -0.249. The van der Waals surface area contributed by atoms with Gasteiger partial charge >= 0.3 is 5.97 Å². The average Bonchev–Trinajstić information content (AvgIpc) is 3.21. The van der Waals surface area contributed by atoms with E-state index in [1.165, 1.54) is 6.92 Å². The van der Waals surface area contributed by atoms with Gasteiger partial charge in [0.05, 0.1) is 30.8 Å². The van der Waals surface area contributed by atoms with Crippen LogP contribution in [0.15, 0.2) is 11.6 Å². The maximum atomic E-state index is 11.5. The molecule has 4 aliphatic rings. The summed E-state index contributed by atoms with van der Waals surface area (Å²) in [4.78, 5) is 11.5. The van der Waals surface area contributed by atoms with Crippen LogP contribution in [0.4, 0.5) is 0 Å². The van der Waals surface area contributed by atoms with Gasteiger partial charge in [-0.2, -0.15) is 0 Å². The lowest BCUT2D eigenvalue weighted by Gasteiger charge is -2.58. The van der Waals surface area contributed by atoms with Crippen LogP contribution in [0.1, 0.15) is 33.6 Å². The number of aliphatic hydroxyl groups excluding tert-OH is 2. The summed E-state index contributed by atoms with van der Waals surface area (Å²) < 4.78 is 17.6. The number of hydrogen-bond acceptors (Lipinski definition) is 6. The van der Waals surface area contributed by atoms with Crippen LogP contribution in [0.25, 0.3) is 0 Å². The smallest absolute Gasteiger partial charge is 0.302 e. The first-order chi connectivity index (χ1) is 10.8. The third-order valence-corrected chi connectivity index (χ3v) is 6.75. The molecule has 1 saturated carbocycles. The van der Waals surface area contributed by atoms with Gasteiger partial charge in [0.25, 0.3) is 0 Å². The molecule has 2 aliphatic carbocycles. The van der Waals surface area contributed by atoms with Crippen LogP contribution < -0.4 is 0 Å². The van der Waals surface area contributed by atoms with E-state index in [9.17, 15) is 15.0 Å². The predicted octanol–water partition coefficient (Wildman–Crippen LogP) is 0.554. The molecular weight excluding hydrogens is 300 g/mol. The topological polar surface area (TPSA) is 88.5 Å². The first-order valence-electron chi connectivity index (χ1n) is 8.23. The maximum Gasteiger partial charge on any atom is 0.302 e. The summed E-state index contributed by atoms with van der Waals surface area (Å²) in [5.74, 6) is -0.348. The standard InChI is InChI=1S/C17H24O6/c1-9-4-12(20)16(7-18)13(5-9)23-14-11(22-10(2)19)6-15(16,3)17(14)8-21-17/h5,11-14,18,20H,4,6-8H2,1-3H3/t11-,12-,13-,14?,15-,16+,17?/m1/s1. The molecule has 2 saturated heterocycles. The zero-order chi connectivity index (χ0) is 16.6. The minimum absolute atomic E-state index is 0.191. The molecule has 2 heterocycles. The van der Waals surface area contributed by atoms with Crippen LogP contribution in [0.3, 0.4) is 0 Å². The molecule has 1 spiro atoms. The average molecular weight is 324 g/mol. The highest BCUT2D eigenvalue weighted by Crippen LogP contribution is 2.71. The van der Waals surface area contributed by atoms with E-state index in [2.05, 4.69) is 0 Å². The normalized spacial score (nSPS) is 53.7. The van der Waals surface area contributed by atoms with Gasteiger partial charge in [0.2, 0.25) is 0 Å². The molecule has 4 rings (SSSR count). The molecule has 2 unspecified atom stereocenters. The molecule has 6 heteroatoms. The minimum atomic E-state index is -0.839. The second-order valence-electron chi connectivity index (χ2n) is 7.77. The molecule has 7 atom stereocenters. The van der Waals surface area contributed by atoms with Gasteiger partial charge in [0.15, 0.2) is 0 Å². The summed E-state index contributed by atoms with van der Waals surface area (Å²) in [5.41, 5.74) is -0.883. The summed E-state index contributed by atoms with van der Waals surface area (Å²) in [6, 6.07) is 0. The van der Waals surface area contributed by atoms with Crippen molar-refractivity contribution in [1.82, 2.24) is 0 Å². The van der Waals surface area contributed by atoms with Gasteiger partial charge in [-0.25, -0.2) is 0 Å². The Hall–Kier alpha value is -0.950. The minimum Gasteiger partial charge on any atom is -0.460 e. The monoisotopic (exact) mass is 324 g/mol. The molecule has 0 amide bonds. The van der Waals surface area contributed by atoms with E-state index in [1.54, 1.807) is 0 Å². The Morgan fingerprint density at radius 1 is 1.52 bits per heavy atom. The van der Waals surface area contributed by atoms with Crippen LogP contribution in [-0.2, 0) is 19.0 Å². The van der Waals surface area contributed by atoms with Crippen molar-refractivity contribution in [1.29, 1.82) is 0 Å². The summed E-state index contributed by atoms with van der Waals surface area (Å²) in [7, 11) is 0. The first kappa shape index (κ1) is 15.6. The van der Waals surface area contributed by atoms with E-state index >= 15 is 0 Å². The lowest BCUT2D eigenvalue weighted by Crippen LogP contribution is -2.68. The van der Waals surface area contributed by atoms with Gasteiger partial charge in [-0.05, 0) is 19.8 Å². The summed E-state index contributed by atoms with van der Waals surface area (Å²) in [6.45, 7) is 5.71. The van der Waals surface area contributed by atoms with Gasteiger partial charge in [0, 0.05) is 12.3 Å². The molecule has 2 bridgehead atoms. The molecule has 23 heavy (non-hydrogen) atoms. The molecule has 128 valence electrons. The van der Waals surface area contributed by atoms with Crippen LogP contribution in [0.2, 0.25) is 0 Å². The maximum absolute atomic E-state index is 11.5. The van der Waals surface area contributed by atoms with E-state index in [1.807, 2.05) is 19.9 Å². The number of aliphatic hydroxyl groups is 2. The number of fused-ring (bicyclic) bond motifs is 2. The van der Waals surface area contributed by atoms with E-state index < -0.39 is 34.7 Å². The third-order valence-electron chi connectivity index (χ3n) is 6.75. The molecule has 2 N–H and O–H groups in total. The molecule has 0 aromatic carbocycles. The number of epoxide rings is 1. The Balaban J connectivity index is 1.84. The van der Waals surface area contributed by atoms with Crippen LogP contribution >= 0.6 is 0 Å². The highest BCUT2D eigenvalue weighted by Gasteiger charge is 2.83. The molecular formula is C17H24O6. The second-order valence-corrected chi connectivity index (χ2v) is 7.77. The Bertz CT molecular complexity index is 582. The van der Waals surface area contributed by atoms with Gasteiger partial charge in [-0.3, -0.25) is 4.79 Å². The van der Waals surface area contributed by atoms with E-state index in [0.717, 1.165) is 5.57 Å². The summed E-state index contributed by atoms with van der Waals surface area (Å²) >= 11 is 0. The largest absolute Gasteiger partial charge is 0.460 e. The Morgan fingerprint density at radius 2 is 2.22 bits per heavy atom. The van der Waals surface area contributed by atoms with Crippen LogP contribution in [-0.4, -0.2) is 59.4 Å². The van der Waals surface area contributed by atoms with Gasteiger partial charge < -0.3 is 24.4 Å². The van der Waals surface area contributed by atoms with E-state index in [0.29, 0.717) is 19.4 Å². The fourth-order valence-electron chi connectivity index (χ4n) is 5.48. The van der Waals surface area contributed by atoms with Crippen molar-refractivity contribution >= 4 is 5.97 Å². The number of ether oxygens (including phenoxy) is 3. The SMILES string of the molecule is CC(=O)O[C@@H]1C[C@@]2(C)C3(CO3)C1O[C@@H]1C=C(C)C[C@@H](O)[C@@]12CO. The molecule has 0 aromatic heterocycles. The molecule has 3 fully saturated rings. The van der Waals surface area contributed by atoms with Crippen LogP contribution in [0, 0.1) is 10.8 Å². The van der Waals surface area contributed by atoms with Gasteiger partial charge in [-0.15, -0.1) is 0 Å². The van der Waals surface area contributed by atoms with Crippen molar-refractivity contribution in [2.75, 3.05) is 13.2 Å². The quantitative estimate of drug-likeness (QED) is 0.438. The van der Waals surface area contributed by atoms with Crippen molar-refractivity contribution in [2.24, 2.45) is 10.8 Å². The number of hydrogen-bond donors (Lipinski definition) is 2. The highest BCUT2D eigenvalue weighted by atomic mass is 16.7. The zero-order valence-electron chi connectivity index (χ0n) is 13.7. The highest BCUT2D eigenvalue weighted by molar-refractivity contribution is 5.66. The molecule has 2 aliphatic heterocycles. The Labute approximate surface area is 135 Å². The van der Waals surface area contributed by atoms with Crippen LogP contribution in [0.5, 0.6) is 0 Å². The predicted molar refractivity (Wildman–Crippen MR) is 79.5 cm³/mol. The van der Waals surface area contributed by atoms with Gasteiger partial charge in [-0.1, -0.05) is 18.6 Å². The third kappa shape index (κ3) is 1.65. The van der Waals surface area contributed by atoms with E-state index in [-0.39, 0.29) is 18.7 Å².